The van der Waals surface area contributed by atoms with Gasteiger partial charge in [-0.25, -0.2) is 4.79 Å². The van der Waals surface area contributed by atoms with Crippen molar-refractivity contribution in [3.8, 4) is 18.1 Å². The van der Waals surface area contributed by atoms with Crippen LogP contribution < -0.4 is 10.5 Å². The number of carbonyl (C=O) groups excluding carboxylic acids is 1. The maximum Gasteiger partial charge on any atom is 0.409 e. The first-order valence-corrected chi connectivity index (χ1v) is 3.26. The molecule has 0 saturated carbocycles. The molecule has 0 bridgehead atoms. The van der Waals surface area contributed by atoms with Gasteiger partial charge in [0, 0.05) is 5.56 Å². The first kappa shape index (κ1) is 8.15. The second-order valence-corrected chi connectivity index (χ2v) is 2.09. The van der Waals surface area contributed by atoms with Crippen LogP contribution in [0.3, 0.4) is 0 Å². The van der Waals surface area contributed by atoms with Crippen molar-refractivity contribution in [3.63, 3.8) is 0 Å². The summed E-state index contributed by atoms with van der Waals surface area (Å²) in [6, 6.07) is 6.50. The molecule has 0 aliphatic heterocycles. The number of nitrogens with two attached hydrogens (primary N) is 1. The number of terminal acetylenes is 1. The van der Waals surface area contributed by atoms with Crippen LogP contribution in [0.4, 0.5) is 4.79 Å². The topological polar surface area (TPSA) is 52.3 Å². The highest BCUT2D eigenvalue weighted by Gasteiger charge is 1.96. The van der Waals surface area contributed by atoms with Crippen LogP contribution in [0.25, 0.3) is 0 Å². The van der Waals surface area contributed by atoms with Crippen molar-refractivity contribution in [3.05, 3.63) is 29.8 Å². The molecular formula is C9H7NO2. The minimum absolute atomic E-state index is 0.390. The predicted octanol–water partition coefficient (Wildman–Crippen LogP) is 1.13. The van der Waals surface area contributed by atoms with E-state index in [4.69, 9.17) is 12.2 Å². The molecule has 0 aliphatic carbocycles. The van der Waals surface area contributed by atoms with Crippen LogP contribution in [0.1, 0.15) is 5.56 Å². The third-order valence-electron chi connectivity index (χ3n) is 1.24. The summed E-state index contributed by atoms with van der Waals surface area (Å²) in [5.41, 5.74) is 5.52. The van der Waals surface area contributed by atoms with Crippen molar-refractivity contribution < 1.29 is 9.53 Å². The maximum absolute atomic E-state index is 10.3. The number of benzene rings is 1. The lowest BCUT2D eigenvalue weighted by Crippen LogP contribution is -2.16. The molecule has 0 heterocycles. The molecule has 1 amide bonds. The van der Waals surface area contributed by atoms with Crippen LogP contribution in [0, 0.1) is 12.3 Å². The lowest BCUT2D eigenvalue weighted by Gasteiger charge is -1.98. The van der Waals surface area contributed by atoms with Crippen LogP contribution in [0.5, 0.6) is 5.75 Å². The fourth-order valence-corrected chi connectivity index (χ4v) is 0.735. The molecule has 1 aromatic rings. The summed E-state index contributed by atoms with van der Waals surface area (Å²) >= 11 is 0. The van der Waals surface area contributed by atoms with Gasteiger partial charge in [0.25, 0.3) is 0 Å². The highest BCUT2D eigenvalue weighted by Crippen LogP contribution is 2.10. The van der Waals surface area contributed by atoms with Crippen molar-refractivity contribution >= 4 is 6.09 Å². The maximum atomic E-state index is 10.3. The molecule has 0 aliphatic rings. The summed E-state index contributed by atoms with van der Waals surface area (Å²) in [4.78, 5) is 10.3. The molecule has 2 N–H and O–H groups in total. The van der Waals surface area contributed by atoms with Gasteiger partial charge >= 0.3 is 6.09 Å². The number of primary amides is 1. The van der Waals surface area contributed by atoms with E-state index in [1.165, 1.54) is 0 Å². The largest absolute Gasteiger partial charge is 0.411 e. The number of amides is 1. The van der Waals surface area contributed by atoms with Gasteiger partial charge in [-0.2, -0.15) is 0 Å². The second kappa shape index (κ2) is 3.44. The zero-order valence-corrected chi connectivity index (χ0v) is 6.28. The highest BCUT2D eigenvalue weighted by atomic mass is 16.5. The molecule has 0 spiro atoms. The minimum Gasteiger partial charge on any atom is -0.411 e. The summed E-state index contributed by atoms with van der Waals surface area (Å²) in [6.45, 7) is 0. The van der Waals surface area contributed by atoms with Gasteiger partial charge in [0.05, 0.1) is 0 Å². The molecular weight excluding hydrogens is 154 g/mol. The van der Waals surface area contributed by atoms with Gasteiger partial charge in [-0.1, -0.05) is 5.92 Å². The second-order valence-electron chi connectivity index (χ2n) is 2.09. The third kappa shape index (κ3) is 2.03. The monoisotopic (exact) mass is 161 g/mol. The molecule has 0 saturated heterocycles. The van der Waals surface area contributed by atoms with Crippen LogP contribution in [-0.4, -0.2) is 6.09 Å². The predicted molar refractivity (Wildman–Crippen MR) is 44.6 cm³/mol. The summed E-state index contributed by atoms with van der Waals surface area (Å²) in [5, 5.41) is 0. The zero-order chi connectivity index (χ0) is 8.97. The van der Waals surface area contributed by atoms with Crippen molar-refractivity contribution in [2.24, 2.45) is 5.73 Å². The molecule has 0 radical (unpaired) electrons. The molecule has 0 unspecified atom stereocenters. The standard InChI is InChI=1S/C9H7NO2/c1-2-7-3-5-8(6-4-7)12-9(10)11/h1,3-6H,(H2,10,11). The summed E-state index contributed by atoms with van der Waals surface area (Å²) < 4.78 is 4.58. The van der Waals surface area contributed by atoms with Crippen LogP contribution in [-0.2, 0) is 0 Å². The van der Waals surface area contributed by atoms with Gasteiger partial charge in [-0.05, 0) is 24.3 Å². The van der Waals surface area contributed by atoms with E-state index in [0.29, 0.717) is 5.75 Å². The van der Waals surface area contributed by atoms with Gasteiger partial charge in [0.2, 0.25) is 0 Å². The Bertz CT molecular complexity index is 321. The Morgan fingerprint density at radius 2 is 2.00 bits per heavy atom. The quantitative estimate of drug-likeness (QED) is 0.627. The van der Waals surface area contributed by atoms with Gasteiger partial charge < -0.3 is 10.5 Å². The molecule has 0 aromatic heterocycles. The summed E-state index contributed by atoms with van der Waals surface area (Å²) in [7, 11) is 0. The third-order valence-corrected chi connectivity index (χ3v) is 1.24. The van der Waals surface area contributed by atoms with Crippen LogP contribution >= 0.6 is 0 Å². The number of hydrogen-bond donors (Lipinski definition) is 1. The Balaban J connectivity index is 2.80. The number of carbonyl (C=O) groups is 1. The highest BCUT2D eigenvalue weighted by molar-refractivity contribution is 5.68. The van der Waals surface area contributed by atoms with Gasteiger partial charge in [0.1, 0.15) is 5.75 Å². The van der Waals surface area contributed by atoms with Crippen LogP contribution in [0.2, 0.25) is 0 Å². The molecule has 1 aromatic carbocycles. The van der Waals surface area contributed by atoms with Crippen molar-refractivity contribution in [2.75, 3.05) is 0 Å². The summed E-state index contributed by atoms with van der Waals surface area (Å²) in [5.74, 6) is 2.83. The van der Waals surface area contributed by atoms with Crippen molar-refractivity contribution in [2.45, 2.75) is 0 Å². The van der Waals surface area contributed by atoms with E-state index < -0.39 is 6.09 Å². The van der Waals surface area contributed by atoms with E-state index in [9.17, 15) is 4.79 Å². The van der Waals surface area contributed by atoms with Gasteiger partial charge in [0.15, 0.2) is 0 Å². The smallest absolute Gasteiger partial charge is 0.409 e. The van der Waals surface area contributed by atoms with Gasteiger partial charge in [-0.3, -0.25) is 0 Å². The first-order chi connectivity index (χ1) is 5.72. The Morgan fingerprint density at radius 3 is 2.42 bits per heavy atom. The van der Waals surface area contributed by atoms with Crippen molar-refractivity contribution in [1.82, 2.24) is 0 Å². The normalized spacial score (nSPS) is 8.58. The molecule has 60 valence electrons. The van der Waals surface area contributed by atoms with E-state index >= 15 is 0 Å². The Labute approximate surface area is 70.1 Å². The van der Waals surface area contributed by atoms with E-state index in [0.717, 1.165) is 5.56 Å². The number of rotatable bonds is 1. The van der Waals surface area contributed by atoms with E-state index in [2.05, 4.69) is 10.7 Å². The Hall–Kier alpha value is -1.95. The number of hydrogen-bond acceptors (Lipinski definition) is 2. The molecule has 0 fully saturated rings. The minimum atomic E-state index is -0.830. The lowest BCUT2D eigenvalue weighted by atomic mass is 10.2. The number of ether oxygens (including phenoxy) is 1. The molecule has 1 rings (SSSR count). The first-order valence-electron chi connectivity index (χ1n) is 3.26. The zero-order valence-electron chi connectivity index (χ0n) is 6.28. The van der Waals surface area contributed by atoms with E-state index in [-0.39, 0.29) is 0 Å². The van der Waals surface area contributed by atoms with Gasteiger partial charge in [-0.15, -0.1) is 6.42 Å². The fourth-order valence-electron chi connectivity index (χ4n) is 0.735. The molecule has 3 nitrogen and oxygen atoms in total. The van der Waals surface area contributed by atoms with Crippen molar-refractivity contribution in [1.29, 1.82) is 0 Å². The average molecular weight is 161 g/mol. The average Bonchev–Trinajstić information content (AvgIpc) is 2.05. The summed E-state index contributed by atoms with van der Waals surface area (Å²) in [6.07, 6.45) is 4.29. The van der Waals surface area contributed by atoms with Crippen LogP contribution in [0.15, 0.2) is 24.3 Å². The molecule has 3 heteroatoms. The lowest BCUT2D eigenvalue weighted by molar-refractivity contribution is 0.211. The fraction of sp³-hybridized carbons (Fsp3) is 0. The molecule has 12 heavy (non-hydrogen) atoms. The SMILES string of the molecule is C#Cc1ccc(OC(N)=O)cc1. The molecule has 0 atom stereocenters. The Kier molecular flexibility index (Phi) is 2.34. The van der Waals surface area contributed by atoms with E-state index in [1.54, 1.807) is 24.3 Å². The van der Waals surface area contributed by atoms with E-state index in [1.807, 2.05) is 0 Å². The Morgan fingerprint density at radius 1 is 1.42 bits per heavy atom.